The van der Waals surface area contributed by atoms with Crippen LogP contribution in [-0.2, 0) is 11.2 Å². The van der Waals surface area contributed by atoms with Crippen molar-refractivity contribution < 1.29 is 4.79 Å². The topological polar surface area (TPSA) is 69.6 Å². The van der Waals surface area contributed by atoms with Gasteiger partial charge in [0.1, 0.15) is 5.01 Å². The third-order valence-corrected chi connectivity index (χ3v) is 6.96. The second-order valence-electron chi connectivity index (χ2n) is 8.15. The van der Waals surface area contributed by atoms with E-state index < -0.39 is 0 Å². The average Bonchev–Trinajstić information content (AvgIpc) is 3.55. The number of halogens is 1. The first kappa shape index (κ1) is 24.0. The van der Waals surface area contributed by atoms with Crippen LogP contribution in [-0.4, -0.2) is 54.5 Å². The summed E-state index contributed by atoms with van der Waals surface area (Å²) in [5.74, 6) is 1.42. The van der Waals surface area contributed by atoms with Gasteiger partial charge in [-0.2, -0.15) is 0 Å². The lowest BCUT2D eigenvalue weighted by atomic mass is 10.1. The van der Waals surface area contributed by atoms with Crippen molar-refractivity contribution >= 4 is 47.2 Å². The van der Waals surface area contributed by atoms with Crippen molar-refractivity contribution in [1.82, 2.24) is 20.5 Å². The molecule has 2 N–H and O–H groups in total. The molecule has 31 heavy (non-hydrogen) atoms. The van der Waals surface area contributed by atoms with Crippen LogP contribution in [0.5, 0.6) is 0 Å². The Morgan fingerprint density at radius 1 is 1.23 bits per heavy atom. The molecule has 1 amide bonds. The van der Waals surface area contributed by atoms with Crippen molar-refractivity contribution in [2.24, 2.45) is 10.9 Å². The van der Waals surface area contributed by atoms with E-state index in [0.717, 1.165) is 67.5 Å². The Hall–Kier alpha value is -1.68. The van der Waals surface area contributed by atoms with Gasteiger partial charge in [-0.3, -0.25) is 9.79 Å². The SMILES string of the molecule is CN=C(NCCc1csc(-c2ccccc2)n1)NC1CCN(C(=O)C2CCCC2)C1.I. The van der Waals surface area contributed by atoms with E-state index in [2.05, 4.69) is 33.1 Å². The van der Waals surface area contributed by atoms with Gasteiger partial charge in [-0.1, -0.05) is 43.2 Å². The summed E-state index contributed by atoms with van der Waals surface area (Å²) in [5.41, 5.74) is 2.26. The highest BCUT2D eigenvalue weighted by Gasteiger charge is 2.32. The Morgan fingerprint density at radius 2 is 2.00 bits per heavy atom. The van der Waals surface area contributed by atoms with E-state index in [1.165, 1.54) is 12.8 Å². The molecule has 0 spiro atoms. The van der Waals surface area contributed by atoms with Crippen LogP contribution in [0.2, 0.25) is 0 Å². The number of benzene rings is 1. The van der Waals surface area contributed by atoms with Gasteiger partial charge in [0.2, 0.25) is 5.91 Å². The Kier molecular flexibility index (Phi) is 9.13. The summed E-state index contributed by atoms with van der Waals surface area (Å²) in [6.07, 6.45) is 6.37. The number of carbonyl (C=O) groups is 1. The number of guanidine groups is 1. The highest BCUT2D eigenvalue weighted by molar-refractivity contribution is 14.0. The van der Waals surface area contributed by atoms with Gasteiger partial charge in [0, 0.05) is 56.0 Å². The van der Waals surface area contributed by atoms with Crippen LogP contribution in [0.25, 0.3) is 10.6 Å². The maximum Gasteiger partial charge on any atom is 0.225 e. The predicted molar refractivity (Wildman–Crippen MR) is 138 cm³/mol. The second-order valence-corrected chi connectivity index (χ2v) is 9.01. The molecular formula is C23H32IN5OS. The second kappa shape index (κ2) is 11.8. The number of thiazole rings is 1. The molecule has 8 heteroatoms. The van der Waals surface area contributed by atoms with Crippen molar-refractivity contribution in [1.29, 1.82) is 0 Å². The smallest absolute Gasteiger partial charge is 0.225 e. The highest BCUT2D eigenvalue weighted by Crippen LogP contribution is 2.28. The third-order valence-electron chi connectivity index (χ3n) is 6.01. The van der Waals surface area contributed by atoms with Gasteiger partial charge in [0.25, 0.3) is 0 Å². The summed E-state index contributed by atoms with van der Waals surface area (Å²) in [6, 6.07) is 10.6. The maximum absolute atomic E-state index is 12.6. The van der Waals surface area contributed by atoms with E-state index in [1.54, 1.807) is 18.4 Å². The molecule has 1 aromatic carbocycles. The Bertz CT molecular complexity index is 866. The number of rotatable bonds is 6. The number of carbonyl (C=O) groups excluding carboxylic acids is 1. The summed E-state index contributed by atoms with van der Waals surface area (Å²) in [4.78, 5) is 23.8. The highest BCUT2D eigenvalue weighted by atomic mass is 127. The molecular weight excluding hydrogens is 521 g/mol. The molecule has 1 saturated carbocycles. The summed E-state index contributed by atoms with van der Waals surface area (Å²) in [6.45, 7) is 2.41. The molecule has 4 rings (SSSR count). The van der Waals surface area contributed by atoms with Gasteiger partial charge in [0.05, 0.1) is 5.69 Å². The first-order valence-corrected chi connectivity index (χ1v) is 11.9. The van der Waals surface area contributed by atoms with Crippen molar-refractivity contribution in [2.75, 3.05) is 26.7 Å². The van der Waals surface area contributed by atoms with Gasteiger partial charge in [-0.25, -0.2) is 4.98 Å². The fraction of sp³-hybridized carbons (Fsp3) is 0.522. The zero-order valence-corrected chi connectivity index (χ0v) is 21.2. The van der Waals surface area contributed by atoms with E-state index in [4.69, 9.17) is 4.98 Å². The summed E-state index contributed by atoms with van der Waals surface area (Å²) >= 11 is 1.68. The quantitative estimate of drug-likeness (QED) is 0.323. The largest absolute Gasteiger partial charge is 0.356 e. The lowest BCUT2D eigenvalue weighted by Gasteiger charge is -2.21. The fourth-order valence-corrected chi connectivity index (χ4v) is 5.20. The van der Waals surface area contributed by atoms with E-state index >= 15 is 0 Å². The van der Waals surface area contributed by atoms with Crippen molar-refractivity contribution in [3.05, 3.63) is 41.4 Å². The molecule has 1 aromatic heterocycles. The standard InChI is InChI=1S/C23H31N5OS.HI/c1-24-23(27-19-12-14-28(15-19)22(29)18-9-5-6-10-18)25-13-11-20-16-30-21(26-20)17-7-3-2-4-8-17;/h2-4,7-8,16,18-19H,5-6,9-15H2,1H3,(H2,24,25,27);1H. The zero-order valence-electron chi connectivity index (χ0n) is 18.0. The lowest BCUT2D eigenvalue weighted by molar-refractivity contribution is -0.134. The number of aliphatic imine (C=N–C) groups is 1. The van der Waals surface area contributed by atoms with Gasteiger partial charge < -0.3 is 15.5 Å². The molecule has 2 aromatic rings. The molecule has 2 heterocycles. The van der Waals surface area contributed by atoms with Crippen LogP contribution in [0, 0.1) is 5.92 Å². The maximum atomic E-state index is 12.6. The van der Waals surface area contributed by atoms with Crippen molar-refractivity contribution in [3.8, 4) is 10.6 Å². The number of aromatic nitrogens is 1. The number of nitrogens with zero attached hydrogens (tertiary/aromatic N) is 3. The van der Waals surface area contributed by atoms with Gasteiger partial charge >= 0.3 is 0 Å². The number of hydrogen-bond donors (Lipinski definition) is 2. The van der Waals surface area contributed by atoms with E-state index in [-0.39, 0.29) is 35.9 Å². The first-order valence-electron chi connectivity index (χ1n) is 11.0. The normalized spacial score (nSPS) is 19.3. The van der Waals surface area contributed by atoms with Crippen LogP contribution in [0.15, 0.2) is 40.7 Å². The summed E-state index contributed by atoms with van der Waals surface area (Å²) in [5, 5.41) is 10.1. The molecule has 6 nitrogen and oxygen atoms in total. The summed E-state index contributed by atoms with van der Waals surface area (Å²) in [7, 11) is 1.79. The van der Waals surface area contributed by atoms with E-state index in [9.17, 15) is 4.79 Å². The fourth-order valence-electron chi connectivity index (χ4n) is 4.34. The predicted octanol–water partition coefficient (Wildman–Crippen LogP) is 3.93. The molecule has 1 aliphatic heterocycles. The molecule has 0 bridgehead atoms. The van der Waals surface area contributed by atoms with Crippen LogP contribution >= 0.6 is 35.3 Å². The molecule has 168 valence electrons. The Morgan fingerprint density at radius 3 is 2.74 bits per heavy atom. The molecule has 1 saturated heterocycles. The van der Waals surface area contributed by atoms with Gasteiger partial charge in [-0.05, 0) is 19.3 Å². The number of likely N-dealkylation sites (tertiary alicyclic amines) is 1. The van der Waals surface area contributed by atoms with Crippen LogP contribution in [0.1, 0.15) is 37.8 Å². The molecule has 1 unspecified atom stereocenters. The average molecular weight is 554 g/mol. The Balaban J connectivity index is 0.00000272. The lowest BCUT2D eigenvalue weighted by Crippen LogP contribution is -2.45. The first-order chi connectivity index (χ1) is 14.7. The number of amides is 1. The van der Waals surface area contributed by atoms with Gasteiger partial charge in [0.15, 0.2) is 5.96 Å². The minimum Gasteiger partial charge on any atom is -0.356 e. The molecule has 2 fully saturated rings. The molecule has 1 aliphatic carbocycles. The summed E-state index contributed by atoms with van der Waals surface area (Å²) < 4.78 is 0. The minimum absolute atomic E-state index is 0. The van der Waals surface area contributed by atoms with Crippen LogP contribution < -0.4 is 10.6 Å². The van der Waals surface area contributed by atoms with Crippen LogP contribution in [0.4, 0.5) is 0 Å². The van der Waals surface area contributed by atoms with Crippen LogP contribution in [0.3, 0.4) is 0 Å². The third kappa shape index (κ3) is 6.41. The molecule has 0 radical (unpaired) electrons. The van der Waals surface area contributed by atoms with E-state index in [0.29, 0.717) is 5.91 Å². The minimum atomic E-state index is 0. The molecule has 2 aliphatic rings. The van der Waals surface area contributed by atoms with Crippen molar-refractivity contribution in [2.45, 2.75) is 44.6 Å². The Labute approximate surface area is 206 Å². The number of hydrogen-bond acceptors (Lipinski definition) is 4. The monoisotopic (exact) mass is 553 g/mol. The number of nitrogens with one attached hydrogen (secondary N) is 2. The zero-order chi connectivity index (χ0) is 20.8. The van der Waals surface area contributed by atoms with Crippen molar-refractivity contribution in [3.63, 3.8) is 0 Å². The van der Waals surface area contributed by atoms with Gasteiger partial charge in [-0.15, -0.1) is 35.3 Å². The van der Waals surface area contributed by atoms with E-state index in [1.807, 2.05) is 23.1 Å². The molecule has 1 atom stereocenters.